The van der Waals surface area contributed by atoms with Crippen molar-refractivity contribution >= 4 is 5.91 Å². The number of nitrogens with two attached hydrogens (primary N) is 1. The number of hydrogen-bond acceptors (Lipinski definition) is 2. The van der Waals surface area contributed by atoms with E-state index >= 15 is 0 Å². The second-order valence-corrected chi connectivity index (χ2v) is 2.10. The van der Waals surface area contributed by atoms with E-state index in [-0.39, 0.29) is 5.91 Å². The van der Waals surface area contributed by atoms with E-state index in [0.717, 1.165) is 25.5 Å². The molecule has 0 saturated carbocycles. The van der Waals surface area contributed by atoms with Crippen LogP contribution in [-0.2, 0) is 4.79 Å². The van der Waals surface area contributed by atoms with Crippen LogP contribution in [0.4, 0.5) is 0 Å². The van der Waals surface area contributed by atoms with Crippen LogP contribution in [0.15, 0.2) is 12.3 Å². The highest BCUT2D eigenvalue weighted by Gasteiger charge is 1.91. The van der Waals surface area contributed by atoms with Gasteiger partial charge in [0, 0.05) is 6.42 Å². The van der Waals surface area contributed by atoms with E-state index < -0.39 is 0 Å². The second kappa shape index (κ2) is 6.13. The lowest BCUT2D eigenvalue weighted by molar-refractivity contribution is -0.118. The van der Waals surface area contributed by atoms with Crippen molar-refractivity contribution in [3.8, 4) is 0 Å². The Hall–Kier alpha value is -0.990. The van der Waals surface area contributed by atoms with Gasteiger partial charge in [0.15, 0.2) is 0 Å². The van der Waals surface area contributed by atoms with E-state index in [1.807, 2.05) is 0 Å². The van der Waals surface area contributed by atoms with Gasteiger partial charge < -0.3 is 10.8 Å². The number of aliphatic hydroxyl groups excluding tert-OH is 1. The number of rotatable bonds is 5. The molecule has 1 amide bonds. The van der Waals surface area contributed by atoms with Crippen molar-refractivity contribution in [1.82, 2.24) is 0 Å². The van der Waals surface area contributed by atoms with Gasteiger partial charge in [0.25, 0.3) is 0 Å². The Labute approximate surface area is 60.5 Å². The Balaban J connectivity index is 2.98. The van der Waals surface area contributed by atoms with Gasteiger partial charge in [0.05, 0.1) is 6.26 Å². The first-order valence-electron chi connectivity index (χ1n) is 3.35. The average molecular weight is 143 g/mol. The SMILES string of the molecule is NC(=O)CCCCC=CO. The van der Waals surface area contributed by atoms with Crippen molar-refractivity contribution in [2.24, 2.45) is 5.73 Å². The van der Waals surface area contributed by atoms with Crippen LogP contribution in [0.2, 0.25) is 0 Å². The molecule has 0 aromatic carbocycles. The molecule has 0 radical (unpaired) electrons. The molecule has 0 saturated heterocycles. The maximum atomic E-state index is 10.2. The van der Waals surface area contributed by atoms with Crippen LogP contribution >= 0.6 is 0 Å². The third-order valence-corrected chi connectivity index (χ3v) is 1.15. The number of unbranched alkanes of at least 4 members (excludes halogenated alkanes) is 2. The minimum atomic E-state index is -0.257. The monoisotopic (exact) mass is 143 g/mol. The molecule has 0 fully saturated rings. The summed E-state index contributed by atoms with van der Waals surface area (Å²) >= 11 is 0. The summed E-state index contributed by atoms with van der Waals surface area (Å²) in [6, 6.07) is 0. The third-order valence-electron chi connectivity index (χ3n) is 1.15. The number of amides is 1. The first-order chi connectivity index (χ1) is 4.77. The topological polar surface area (TPSA) is 63.3 Å². The number of carbonyl (C=O) groups excluding carboxylic acids is 1. The summed E-state index contributed by atoms with van der Waals surface area (Å²) in [4.78, 5) is 10.2. The van der Waals surface area contributed by atoms with Gasteiger partial charge in [-0.25, -0.2) is 0 Å². The summed E-state index contributed by atoms with van der Waals surface area (Å²) in [5.41, 5.74) is 4.90. The Morgan fingerprint density at radius 1 is 1.50 bits per heavy atom. The summed E-state index contributed by atoms with van der Waals surface area (Å²) in [7, 11) is 0. The predicted molar refractivity (Wildman–Crippen MR) is 39.4 cm³/mol. The van der Waals surface area contributed by atoms with Crippen molar-refractivity contribution in [3.63, 3.8) is 0 Å². The molecule has 58 valence electrons. The number of allylic oxidation sites excluding steroid dienone is 1. The van der Waals surface area contributed by atoms with E-state index in [0.29, 0.717) is 6.42 Å². The van der Waals surface area contributed by atoms with Gasteiger partial charge in [-0.05, 0) is 19.3 Å². The lowest BCUT2D eigenvalue weighted by atomic mass is 10.2. The molecule has 0 aliphatic heterocycles. The molecule has 0 bridgehead atoms. The quantitative estimate of drug-likeness (QED) is 0.447. The molecule has 3 nitrogen and oxygen atoms in total. The maximum Gasteiger partial charge on any atom is 0.217 e. The maximum absolute atomic E-state index is 10.2. The van der Waals surface area contributed by atoms with E-state index in [9.17, 15) is 4.79 Å². The van der Waals surface area contributed by atoms with Crippen LogP contribution in [0.1, 0.15) is 25.7 Å². The van der Waals surface area contributed by atoms with Crippen LogP contribution in [0.3, 0.4) is 0 Å². The molecule has 0 unspecified atom stereocenters. The number of aliphatic hydroxyl groups is 1. The average Bonchev–Trinajstić information content (AvgIpc) is 1.87. The fraction of sp³-hybridized carbons (Fsp3) is 0.571. The van der Waals surface area contributed by atoms with E-state index in [1.165, 1.54) is 0 Å². The van der Waals surface area contributed by atoms with Crippen LogP contribution in [0, 0.1) is 0 Å². The zero-order valence-electron chi connectivity index (χ0n) is 5.92. The Morgan fingerprint density at radius 3 is 2.70 bits per heavy atom. The largest absolute Gasteiger partial charge is 0.516 e. The normalized spacial score (nSPS) is 10.4. The minimum absolute atomic E-state index is 0.257. The first-order valence-corrected chi connectivity index (χ1v) is 3.35. The summed E-state index contributed by atoms with van der Waals surface area (Å²) in [6.45, 7) is 0. The lowest BCUT2D eigenvalue weighted by Gasteiger charge is -1.92. The summed E-state index contributed by atoms with van der Waals surface area (Å²) in [5, 5.41) is 8.20. The predicted octanol–water partition coefficient (Wildman–Crippen LogP) is 1.10. The van der Waals surface area contributed by atoms with E-state index in [2.05, 4.69) is 0 Å². The third kappa shape index (κ3) is 7.01. The molecule has 0 atom stereocenters. The van der Waals surface area contributed by atoms with Crippen LogP contribution < -0.4 is 5.73 Å². The molecule has 10 heavy (non-hydrogen) atoms. The summed E-state index contributed by atoms with van der Waals surface area (Å²) in [5.74, 6) is -0.257. The molecular weight excluding hydrogens is 130 g/mol. The molecule has 0 aliphatic rings. The zero-order chi connectivity index (χ0) is 7.82. The zero-order valence-corrected chi connectivity index (χ0v) is 5.92. The smallest absolute Gasteiger partial charge is 0.217 e. The second-order valence-electron chi connectivity index (χ2n) is 2.10. The van der Waals surface area contributed by atoms with Gasteiger partial charge in [-0.3, -0.25) is 4.79 Å². The Kier molecular flexibility index (Phi) is 5.53. The van der Waals surface area contributed by atoms with E-state index in [1.54, 1.807) is 6.08 Å². The van der Waals surface area contributed by atoms with Crippen molar-refractivity contribution in [3.05, 3.63) is 12.3 Å². The van der Waals surface area contributed by atoms with Gasteiger partial charge >= 0.3 is 0 Å². The lowest BCUT2D eigenvalue weighted by Crippen LogP contribution is -2.09. The summed E-state index contributed by atoms with van der Waals surface area (Å²) in [6.07, 6.45) is 5.63. The fourth-order valence-corrected chi connectivity index (χ4v) is 0.636. The van der Waals surface area contributed by atoms with Crippen LogP contribution in [0.5, 0.6) is 0 Å². The van der Waals surface area contributed by atoms with Gasteiger partial charge in [-0.2, -0.15) is 0 Å². The number of primary amides is 1. The molecule has 0 aromatic heterocycles. The molecule has 0 aromatic rings. The number of carbonyl (C=O) groups is 1. The molecule has 0 rings (SSSR count). The molecule has 0 heterocycles. The van der Waals surface area contributed by atoms with Crippen molar-refractivity contribution in [2.45, 2.75) is 25.7 Å². The molecule has 0 spiro atoms. The Morgan fingerprint density at radius 2 is 2.20 bits per heavy atom. The van der Waals surface area contributed by atoms with Gasteiger partial charge in [-0.15, -0.1) is 0 Å². The van der Waals surface area contributed by atoms with Gasteiger partial charge in [0.1, 0.15) is 0 Å². The van der Waals surface area contributed by atoms with Crippen molar-refractivity contribution in [2.75, 3.05) is 0 Å². The van der Waals surface area contributed by atoms with Gasteiger partial charge in [0.2, 0.25) is 5.91 Å². The highest BCUT2D eigenvalue weighted by Crippen LogP contribution is 1.98. The van der Waals surface area contributed by atoms with Gasteiger partial charge in [-0.1, -0.05) is 6.08 Å². The minimum Gasteiger partial charge on any atom is -0.516 e. The molecular formula is C7H13NO2. The molecule has 3 heteroatoms. The molecule has 3 N–H and O–H groups in total. The molecule has 0 aliphatic carbocycles. The highest BCUT2D eigenvalue weighted by molar-refractivity contribution is 5.73. The van der Waals surface area contributed by atoms with Crippen molar-refractivity contribution in [1.29, 1.82) is 0 Å². The van der Waals surface area contributed by atoms with Crippen molar-refractivity contribution < 1.29 is 9.90 Å². The Bertz CT molecular complexity index is 121. The summed E-state index contributed by atoms with van der Waals surface area (Å²) < 4.78 is 0. The van der Waals surface area contributed by atoms with Crippen LogP contribution in [-0.4, -0.2) is 11.0 Å². The van der Waals surface area contributed by atoms with E-state index in [4.69, 9.17) is 10.8 Å². The standard InChI is InChI=1S/C7H13NO2/c8-7(10)5-3-1-2-4-6-9/h4,6,9H,1-3,5H2,(H2,8,10). The first kappa shape index (κ1) is 9.01. The van der Waals surface area contributed by atoms with Crippen LogP contribution in [0.25, 0.3) is 0 Å². The highest BCUT2D eigenvalue weighted by atomic mass is 16.2. The number of hydrogen-bond donors (Lipinski definition) is 2. The fourth-order valence-electron chi connectivity index (χ4n) is 0.636.